The van der Waals surface area contributed by atoms with Gasteiger partial charge in [0.1, 0.15) is 11.6 Å². The molecule has 0 saturated heterocycles. The minimum Gasteiger partial charge on any atom is -0.357 e. The summed E-state index contributed by atoms with van der Waals surface area (Å²) in [6.07, 6.45) is 0. The molecular formula is C12H14BrFN6. The highest BCUT2D eigenvalue weighted by Crippen LogP contribution is 2.28. The standard InChI is InChI=1S/C12H14BrFN6/c1-5-8(13)9(14)6(2)16-10(5)19-12-18-7(3)17-11(15-4)20-12/h1-4H3,(H2,15,16,17,18,19,20). The quantitative estimate of drug-likeness (QED) is 0.894. The van der Waals surface area contributed by atoms with Gasteiger partial charge in [-0.2, -0.15) is 15.0 Å². The average Bonchev–Trinajstić information content (AvgIpc) is 2.41. The fraction of sp³-hybridized carbons (Fsp3) is 0.333. The van der Waals surface area contributed by atoms with Gasteiger partial charge in [-0.25, -0.2) is 9.37 Å². The van der Waals surface area contributed by atoms with Gasteiger partial charge in [-0.1, -0.05) is 0 Å². The van der Waals surface area contributed by atoms with Gasteiger partial charge in [0.15, 0.2) is 5.82 Å². The summed E-state index contributed by atoms with van der Waals surface area (Å²) in [6, 6.07) is 0. The number of pyridine rings is 1. The Morgan fingerprint density at radius 3 is 2.30 bits per heavy atom. The van der Waals surface area contributed by atoms with Crippen LogP contribution in [0, 0.1) is 26.6 Å². The van der Waals surface area contributed by atoms with E-state index in [9.17, 15) is 4.39 Å². The first-order valence-corrected chi connectivity index (χ1v) is 6.71. The van der Waals surface area contributed by atoms with Crippen LogP contribution in [0.4, 0.5) is 22.1 Å². The third-order valence-electron chi connectivity index (χ3n) is 2.68. The van der Waals surface area contributed by atoms with E-state index < -0.39 is 0 Å². The summed E-state index contributed by atoms with van der Waals surface area (Å²) in [6.45, 7) is 5.12. The third-order valence-corrected chi connectivity index (χ3v) is 3.62. The second-order valence-corrected chi connectivity index (χ2v) is 5.00. The summed E-state index contributed by atoms with van der Waals surface area (Å²) < 4.78 is 14.1. The number of halogens is 2. The number of nitrogens with zero attached hydrogens (tertiary/aromatic N) is 4. The topological polar surface area (TPSA) is 75.6 Å². The lowest BCUT2D eigenvalue weighted by Crippen LogP contribution is -2.08. The summed E-state index contributed by atoms with van der Waals surface area (Å²) in [5.74, 6) is 1.52. The number of nitrogens with one attached hydrogen (secondary N) is 2. The Hall–Kier alpha value is -1.83. The minimum atomic E-state index is -0.365. The molecule has 0 aliphatic heterocycles. The molecule has 0 bridgehead atoms. The molecular weight excluding hydrogens is 327 g/mol. The number of aromatic nitrogens is 4. The van der Waals surface area contributed by atoms with Crippen molar-refractivity contribution in [3.05, 3.63) is 27.4 Å². The van der Waals surface area contributed by atoms with E-state index in [0.717, 1.165) is 0 Å². The van der Waals surface area contributed by atoms with Crippen LogP contribution in [0.15, 0.2) is 4.47 Å². The van der Waals surface area contributed by atoms with Gasteiger partial charge in [-0.3, -0.25) is 0 Å². The van der Waals surface area contributed by atoms with E-state index in [4.69, 9.17) is 0 Å². The van der Waals surface area contributed by atoms with Gasteiger partial charge < -0.3 is 10.6 Å². The Bertz CT molecular complexity index is 661. The van der Waals surface area contributed by atoms with Gasteiger partial charge in [0.25, 0.3) is 0 Å². The van der Waals surface area contributed by atoms with Gasteiger partial charge in [0.2, 0.25) is 11.9 Å². The van der Waals surface area contributed by atoms with Crippen LogP contribution in [0.3, 0.4) is 0 Å². The number of anilines is 3. The van der Waals surface area contributed by atoms with Gasteiger partial charge in [0, 0.05) is 12.6 Å². The Morgan fingerprint density at radius 2 is 1.65 bits per heavy atom. The Labute approximate surface area is 124 Å². The summed E-state index contributed by atoms with van der Waals surface area (Å²) in [5.41, 5.74) is 0.946. The molecule has 2 aromatic rings. The minimum absolute atomic E-state index is 0.296. The normalized spacial score (nSPS) is 10.5. The number of hydrogen-bond donors (Lipinski definition) is 2. The lowest BCUT2D eigenvalue weighted by molar-refractivity contribution is 0.601. The zero-order chi connectivity index (χ0) is 14.9. The summed E-state index contributed by atoms with van der Waals surface area (Å²) in [5, 5.41) is 5.84. The molecule has 106 valence electrons. The molecule has 0 aromatic carbocycles. The maximum absolute atomic E-state index is 13.7. The van der Waals surface area contributed by atoms with Crippen LogP contribution in [-0.2, 0) is 0 Å². The third kappa shape index (κ3) is 2.84. The van der Waals surface area contributed by atoms with Crippen LogP contribution in [0.1, 0.15) is 17.1 Å². The van der Waals surface area contributed by atoms with Crippen molar-refractivity contribution in [3.63, 3.8) is 0 Å². The lowest BCUT2D eigenvalue weighted by atomic mass is 10.2. The molecule has 0 radical (unpaired) electrons. The fourth-order valence-corrected chi connectivity index (χ4v) is 2.08. The molecule has 0 spiro atoms. The molecule has 2 heterocycles. The second kappa shape index (κ2) is 5.66. The largest absolute Gasteiger partial charge is 0.357 e. The van der Waals surface area contributed by atoms with E-state index in [1.54, 1.807) is 27.8 Å². The highest BCUT2D eigenvalue weighted by Gasteiger charge is 2.14. The molecule has 0 aliphatic rings. The van der Waals surface area contributed by atoms with E-state index in [-0.39, 0.29) is 5.82 Å². The number of aryl methyl sites for hydroxylation is 2. The van der Waals surface area contributed by atoms with Crippen LogP contribution in [-0.4, -0.2) is 27.0 Å². The monoisotopic (exact) mass is 340 g/mol. The number of rotatable bonds is 3. The van der Waals surface area contributed by atoms with Crippen molar-refractivity contribution in [2.75, 3.05) is 17.7 Å². The van der Waals surface area contributed by atoms with E-state index in [2.05, 4.69) is 46.5 Å². The van der Waals surface area contributed by atoms with Gasteiger partial charge in [-0.05, 0) is 36.7 Å². The smallest absolute Gasteiger partial charge is 0.233 e. The summed E-state index contributed by atoms with van der Waals surface area (Å²) in [7, 11) is 1.72. The zero-order valence-electron chi connectivity index (χ0n) is 11.5. The molecule has 0 amide bonds. The van der Waals surface area contributed by atoms with Gasteiger partial charge in [0.05, 0.1) is 10.2 Å². The molecule has 2 rings (SSSR count). The molecule has 6 nitrogen and oxygen atoms in total. The molecule has 0 saturated carbocycles. The van der Waals surface area contributed by atoms with Crippen molar-refractivity contribution in [2.45, 2.75) is 20.8 Å². The highest BCUT2D eigenvalue weighted by atomic mass is 79.9. The molecule has 8 heteroatoms. The van der Waals surface area contributed by atoms with Crippen LogP contribution in [0.5, 0.6) is 0 Å². The lowest BCUT2D eigenvalue weighted by Gasteiger charge is -2.11. The van der Waals surface area contributed by atoms with E-state index in [0.29, 0.717) is 39.3 Å². The highest BCUT2D eigenvalue weighted by molar-refractivity contribution is 9.10. The van der Waals surface area contributed by atoms with Gasteiger partial charge in [-0.15, -0.1) is 0 Å². The van der Waals surface area contributed by atoms with Crippen molar-refractivity contribution in [1.29, 1.82) is 0 Å². The van der Waals surface area contributed by atoms with Crippen molar-refractivity contribution in [3.8, 4) is 0 Å². The van der Waals surface area contributed by atoms with Crippen molar-refractivity contribution < 1.29 is 4.39 Å². The van der Waals surface area contributed by atoms with Crippen molar-refractivity contribution >= 4 is 33.6 Å². The molecule has 20 heavy (non-hydrogen) atoms. The Balaban J connectivity index is 2.42. The predicted molar refractivity (Wildman–Crippen MR) is 78.8 cm³/mol. The summed E-state index contributed by atoms with van der Waals surface area (Å²) in [4.78, 5) is 16.6. The second-order valence-electron chi connectivity index (χ2n) is 4.20. The van der Waals surface area contributed by atoms with E-state index in [1.807, 2.05) is 0 Å². The molecule has 0 aliphatic carbocycles. The SMILES string of the molecule is CNc1nc(C)nc(Nc2nc(C)c(F)c(Br)c2C)n1. The maximum atomic E-state index is 13.7. The molecule has 2 aromatic heterocycles. The predicted octanol–water partition coefficient (Wildman–Crippen LogP) is 2.88. The van der Waals surface area contributed by atoms with E-state index in [1.165, 1.54) is 0 Å². The van der Waals surface area contributed by atoms with Crippen LogP contribution >= 0.6 is 15.9 Å². The Kier molecular flexibility index (Phi) is 4.12. The first-order chi connectivity index (χ1) is 9.42. The first kappa shape index (κ1) is 14.6. The van der Waals surface area contributed by atoms with Crippen molar-refractivity contribution in [2.24, 2.45) is 0 Å². The molecule has 2 N–H and O–H groups in total. The summed E-state index contributed by atoms with van der Waals surface area (Å²) >= 11 is 3.22. The zero-order valence-corrected chi connectivity index (χ0v) is 13.1. The molecule has 0 unspecified atom stereocenters. The van der Waals surface area contributed by atoms with Crippen LogP contribution in [0.25, 0.3) is 0 Å². The number of hydrogen-bond acceptors (Lipinski definition) is 6. The Morgan fingerprint density at radius 1 is 1.00 bits per heavy atom. The first-order valence-electron chi connectivity index (χ1n) is 5.92. The van der Waals surface area contributed by atoms with Gasteiger partial charge >= 0.3 is 0 Å². The van der Waals surface area contributed by atoms with Crippen LogP contribution in [0.2, 0.25) is 0 Å². The maximum Gasteiger partial charge on any atom is 0.233 e. The van der Waals surface area contributed by atoms with Crippen molar-refractivity contribution in [1.82, 2.24) is 19.9 Å². The fourth-order valence-electron chi connectivity index (χ4n) is 1.61. The average molecular weight is 341 g/mol. The van der Waals surface area contributed by atoms with E-state index >= 15 is 0 Å². The molecule has 0 atom stereocenters. The molecule has 0 fully saturated rings. The van der Waals surface area contributed by atoms with Crippen LogP contribution < -0.4 is 10.6 Å².